The maximum Gasteiger partial charge on any atom is 0.340 e. The number of benzene rings is 3. The molecule has 0 aliphatic heterocycles. The molecule has 0 unspecified atom stereocenters. The molecule has 28 heavy (non-hydrogen) atoms. The average molecular weight is 372 g/mol. The lowest BCUT2D eigenvalue weighted by Crippen LogP contribution is -2.14. The van der Waals surface area contributed by atoms with Gasteiger partial charge in [0.1, 0.15) is 0 Å². The van der Waals surface area contributed by atoms with E-state index in [2.05, 4.69) is 70.5 Å². The Bertz CT molecular complexity index is 1170. The quantitative estimate of drug-likeness (QED) is 0.507. The lowest BCUT2D eigenvalue weighted by molar-refractivity contribution is 0.0527. The van der Waals surface area contributed by atoms with Crippen LogP contribution in [0.25, 0.3) is 32.8 Å². The molecule has 1 N–H and O–H groups in total. The summed E-state index contributed by atoms with van der Waals surface area (Å²) in [5, 5.41) is 6.50. The van der Waals surface area contributed by atoms with Crippen LogP contribution in [0.15, 0.2) is 60.7 Å². The molecule has 0 aliphatic rings. The number of hydrogen-bond acceptors (Lipinski definition) is 3. The van der Waals surface area contributed by atoms with Crippen molar-refractivity contribution in [1.82, 2.24) is 9.88 Å². The summed E-state index contributed by atoms with van der Waals surface area (Å²) in [6, 6.07) is 21.0. The van der Waals surface area contributed by atoms with Crippen LogP contribution in [-0.4, -0.2) is 24.2 Å². The number of esters is 1. The third-order valence-corrected chi connectivity index (χ3v) is 5.25. The highest BCUT2D eigenvalue weighted by molar-refractivity contribution is 6.08. The second-order valence-corrected chi connectivity index (χ2v) is 6.89. The summed E-state index contributed by atoms with van der Waals surface area (Å²) < 4.78 is 7.45. The summed E-state index contributed by atoms with van der Waals surface area (Å²) in [5.41, 5.74) is 4.87. The maximum absolute atomic E-state index is 12.8. The van der Waals surface area contributed by atoms with Gasteiger partial charge in [0.2, 0.25) is 0 Å². The predicted octanol–water partition coefficient (Wildman–Crippen LogP) is 4.89. The second-order valence-electron chi connectivity index (χ2n) is 6.89. The minimum Gasteiger partial charge on any atom is -0.462 e. The van der Waals surface area contributed by atoms with Crippen LogP contribution in [0.5, 0.6) is 0 Å². The van der Waals surface area contributed by atoms with Gasteiger partial charge in [0.15, 0.2) is 0 Å². The van der Waals surface area contributed by atoms with Crippen LogP contribution in [0.2, 0.25) is 0 Å². The van der Waals surface area contributed by atoms with E-state index in [-0.39, 0.29) is 5.97 Å². The molecular weight excluding hydrogens is 348 g/mol. The first-order valence-corrected chi connectivity index (χ1v) is 9.56. The van der Waals surface area contributed by atoms with Gasteiger partial charge in [-0.05, 0) is 48.0 Å². The standard InChI is InChI=1S/C24H24N2O2/c1-4-28-24(27)23-20-14-17(12-13-21(20)26(3)22(23)15-25-2)19-11-7-9-16-8-5-6-10-18(16)19/h5-14,25H,4,15H2,1-3H3. The monoisotopic (exact) mass is 372 g/mol. The summed E-state index contributed by atoms with van der Waals surface area (Å²) in [7, 11) is 3.88. The van der Waals surface area contributed by atoms with Gasteiger partial charge in [-0.15, -0.1) is 0 Å². The van der Waals surface area contributed by atoms with Crippen molar-refractivity contribution < 1.29 is 9.53 Å². The molecule has 4 rings (SSSR count). The van der Waals surface area contributed by atoms with E-state index in [4.69, 9.17) is 4.74 Å². The Labute approximate surface area is 164 Å². The third-order valence-electron chi connectivity index (χ3n) is 5.25. The van der Waals surface area contributed by atoms with Gasteiger partial charge in [-0.1, -0.05) is 48.5 Å². The fourth-order valence-corrected chi connectivity index (χ4v) is 3.95. The van der Waals surface area contributed by atoms with Crippen molar-refractivity contribution in [3.8, 4) is 11.1 Å². The molecule has 4 aromatic rings. The average Bonchev–Trinajstić information content (AvgIpc) is 2.99. The Hall–Kier alpha value is -3.11. The molecule has 0 fully saturated rings. The molecule has 0 atom stereocenters. The lowest BCUT2D eigenvalue weighted by atomic mass is 9.96. The van der Waals surface area contributed by atoms with E-state index < -0.39 is 0 Å². The van der Waals surface area contributed by atoms with E-state index in [1.807, 2.05) is 21.0 Å². The van der Waals surface area contributed by atoms with Crippen LogP contribution in [0.4, 0.5) is 0 Å². The first kappa shape index (κ1) is 18.3. The molecule has 142 valence electrons. The number of nitrogens with zero attached hydrogens (tertiary/aromatic N) is 1. The van der Waals surface area contributed by atoms with E-state index in [9.17, 15) is 4.79 Å². The Balaban J connectivity index is 1.98. The largest absolute Gasteiger partial charge is 0.462 e. The minimum atomic E-state index is -0.270. The summed E-state index contributed by atoms with van der Waals surface area (Å²) in [5.74, 6) is -0.270. The van der Waals surface area contributed by atoms with Crippen LogP contribution in [0.3, 0.4) is 0 Å². The Morgan fingerprint density at radius 3 is 2.61 bits per heavy atom. The number of hydrogen-bond donors (Lipinski definition) is 1. The lowest BCUT2D eigenvalue weighted by Gasteiger charge is -2.08. The highest BCUT2D eigenvalue weighted by atomic mass is 16.5. The molecular formula is C24H24N2O2. The Kier molecular flexibility index (Phi) is 4.88. The zero-order valence-corrected chi connectivity index (χ0v) is 16.5. The van der Waals surface area contributed by atoms with Crippen LogP contribution in [0.1, 0.15) is 23.0 Å². The highest BCUT2D eigenvalue weighted by Gasteiger charge is 2.22. The summed E-state index contributed by atoms with van der Waals surface area (Å²) in [4.78, 5) is 12.8. The normalized spacial score (nSPS) is 11.2. The Morgan fingerprint density at radius 1 is 1.04 bits per heavy atom. The fraction of sp³-hybridized carbons (Fsp3) is 0.208. The van der Waals surface area contributed by atoms with Crippen molar-refractivity contribution in [3.05, 3.63) is 71.9 Å². The summed E-state index contributed by atoms with van der Waals surface area (Å²) >= 11 is 0. The molecule has 0 radical (unpaired) electrons. The van der Waals surface area contributed by atoms with Crippen molar-refractivity contribution in [2.24, 2.45) is 7.05 Å². The van der Waals surface area contributed by atoms with Gasteiger partial charge < -0.3 is 14.6 Å². The molecule has 1 heterocycles. The number of carbonyl (C=O) groups is 1. The number of rotatable bonds is 5. The SMILES string of the molecule is CCOC(=O)c1c(CNC)n(C)c2ccc(-c3cccc4ccccc34)cc12. The number of aryl methyl sites for hydroxylation is 1. The second kappa shape index (κ2) is 7.49. The molecule has 3 aromatic carbocycles. The molecule has 4 heteroatoms. The number of ether oxygens (including phenoxy) is 1. The minimum absolute atomic E-state index is 0.270. The zero-order valence-electron chi connectivity index (χ0n) is 16.5. The molecule has 0 bridgehead atoms. The van der Waals surface area contributed by atoms with Crippen molar-refractivity contribution in [2.45, 2.75) is 13.5 Å². The molecule has 0 aliphatic carbocycles. The van der Waals surface area contributed by atoms with Crippen molar-refractivity contribution in [1.29, 1.82) is 0 Å². The van der Waals surface area contributed by atoms with Crippen LogP contribution >= 0.6 is 0 Å². The van der Waals surface area contributed by atoms with Gasteiger partial charge in [-0.3, -0.25) is 0 Å². The summed E-state index contributed by atoms with van der Waals surface area (Å²) in [6.45, 7) is 2.79. The molecule has 0 saturated carbocycles. The molecule has 0 saturated heterocycles. The van der Waals surface area contributed by atoms with Gasteiger partial charge in [0, 0.05) is 30.2 Å². The summed E-state index contributed by atoms with van der Waals surface area (Å²) in [6.07, 6.45) is 0. The topological polar surface area (TPSA) is 43.3 Å². The van der Waals surface area contributed by atoms with E-state index in [1.54, 1.807) is 0 Å². The van der Waals surface area contributed by atoms with E-state index >= 15 is 0 Å². The van der Waals surface area contributed by atoms with Crippen molar-refractivity contribution in [2.75, 3.05) is 13.7 Å². The van der Waals surface area contributed by atoms with E-state index in [0.717, 1.165) is 27.7 Å². The molecule has 1 aromatic heterocycles. The Morgan fingerprint density at radius 2 is 1.82 bits per heavy atom. The first-order chi connectivity index (χ1) is 13.7. The van der Waals surface area contributed by atoms with Gasteiger partial charge in [-0.2, -0.15) is 0 Å². The van der Waals surface area contributed by atoms with Gasteiger partial charge in [0.05, 0.1) is 12.2 Å². The van der Waals surface area contributed by atoms with Gasteiger partial charge >= 0.3 is 5.97 Å². The number of carbonyl (C=O) groups excluding carboxylic acids is 1. The van der Waals surface area contributed by atoms with Crippen molar-refractivity contribution >= 4 is 27.6 Å². The number of fused-ring (bicyclic) bond motifs is 2. The first-order valence-electron chi connectivity index (χ1n) is 9.56. The van der Waals surface area contributed by atoms with Crippen LogP contribution in [-0.2, 0) is 18.3 Å². The molecule has 0 amide bonds. The smallest absolute Gasteiger partial charge is 0.340 e. The van der Waals surface area contributed by atoms with Crippen LogP contribution in [0, 0.1) is 0 Å². The number of aromatic nitrogens is 1. The van der Waals surface area contributed by atoms with E-state index in [1.165, 1.54) is 10.8 Å². The van der Waals surface area contributed by atoms with Gasteiger partial charge in [0.25, 0.3) is 0 Å². The highest BCUT2D eigenvalue weighted by Crippen LogP contribution is 2.34. The van der Waals surface area contributed by atoms with Gasteiger partial charge in [-0.25, -0.2) is 4.79 Å². The molecule has 0 spiro atoms. The van der Waals surface area contributed by atoms with Crippen LogP contribution < -0.4 is 5.32 Å². The third kappa shape index (κ3) is 2.96. The van der Waals surface area contributed by atoms with E-state index in [0.29, 0.717) is 18.7 Å². The fourth-order valence-electron chi connectivity index (χ4n) is 3.95. The zero-order chi connectivity index (χ0) is 19.7. The molecule has 4 nitrogen and oxygen atoms in total. The predicted molar refractivity (Wildman–Crippen MR) is 115 cm³/mol. The maximum atomic E-state index is 12.8. The van der Waals surface area contributed by atoms with Crippen molar-refractivity contribution in [3.63, 3.8) is 0 Å². The number of nitrogens with one attached hydrogen (secondary N) is 1.